The Morgan fingerprint density at radius 3 is 3.25 bits per heavy atom. The number of carbonyl (C=O) groups excluding carboxylic acids is 1. The largest absolute Gasteiger partial charge is 0.393 e. The van der Waals surface area contributed by atoms with Crippen molar-refractivity contribution in [2.24, 2.45) is 0 Å². The fourth-order valence-electron chi connectivity index (χ4n) is 2.92. The van der Waals surface area contributed by atoms with Crippen molar-refractivity contribution >= 4 is 22.2 Å². The topological polar surface area (TPSA) is 57.8 Å². The summed E-state index contributed by atoms with van der Waals surface area (Å²) in [6.45, 7) is 2.59. The highest BCUT2D eigenvalue weighted by molar-refractivity contribution is 7.15. The molecule has 3 heterocycles. The first-order chi connectivity index (χ1) is 9.63. The first kappa shape index (κ1) is 13.6. The summed E-state index contributed by atoms with van der Waals surface area (Å²) in [5, 5.41) is 11.5. The summed E-state index contributed by atoms with van der Waals surface area (Å²) < 4.78 is 1.95. The van der Waals surface area contributed by atoms with Crippen LogP contribution in [0.15, 0.2) is 17.8 Å². The third-order valence-electron chi connectivity index (χ3n) is 3.79. The Bertz CT molecular complexity index is 576. The van der Waals surface area contributed by atoms with Gasteiger partial charge in [0.1, 0.15) is 0 Å². The highest BCUT2D eigenvalue weighted by atomic mass is 32.1. The summed E-state index contributed by atoms with van der Waals surface area (Å²) >= 11 is 1.57. The third-order valence-corrected chi connectivity index (χ3v) is 4.56. The molecule has 0 aromatic carbocycles. The van der Waals surface area contributed by atoms with Crippen molar-refractivity contribution in [2.45, 2.75) is 44.8 Å². The standard InChI is InChI=1S/C14H19N3O2S/c1-10(18)7-12-3-2-4-17(12)13(19)8-11-9-16-5-6-20-14(16)15-11/h5-6,9-10,12,18H,2-4,7-8H2,1H3. The predicted octanol–water partition coefficient (Wildman–Crippen LogP) is 1.70. The zero-order valence-electron chi connectivity index (χ0n) is 11.5. The number of hydrogen-bond acceptors (Lipinski definition) is 4. The number of likely N-dealkylation sites (tertiary alicyclic amines) is 1. The maximum Gasteiger partial charge on any atom is 0.228 e. The van der Waals surface area contributed by atoms with Gasteiger partial charge in [-0.05, 0) is 26.2 Å². The van der Waals surface area contributed by atoms with Gasteiger partial charge in [0.05, 0.1) is 18.2 Å². The number of imidazole rings is 1. The molecule has 0 bridgehead atoms. The van der Waals surface area contributed by atoms with Crippen LogP contribution in [-0.2, 0) is 11.2 Å². The second kappa shape index (κ2) is 5.54. The number of fused-ring (bicyclic) bond motifs is 1. The average molecular weight is 293 g/mol. The van der Waals surface area contributed by atoms with Crippen LogP contribution in [0.3, 0.4) is 0 Å². The van der Waals surface area contributed by atoms with Crippen LogP contribution >= 0.6 is 11.3 Å². The lowest BCUT2D eigenvalue weighted by Crippen LogP contribution is -2.38. The van der Waals surface area contributed by atoms with E-state index in [4.69, 9.17) is 0 Å². The number of aliphatic hydroxyl groups is 1. The minimum Gasteiger partial charge on any atom is -0.393 e. The summed E-state index contributed by atoms with van der Waals surface area (Å²) in [5.74, 6) is 0.124. The van der Waals surface area contributed by atoms with Crippen LogP contribution in [0.1, 0.15) is 31.9 Å². The normalized spacial score (nSPS) is 20.7. The Morgan fingerprint density at radius 2 is 2.50 bits per heavy atom. The molecule has 1 aliphatic heterocycles. The summed E-state index contributed by atoms with van der Waals surface area (Å²) in [7, 11) is 0. The van der Waals surface area contributed by atoms with Gasteiger partial charge in [-0.3, -0.25) is 9.20 Å². The summed E-state index contributed by atoms with van der Waals surface area (Å²) in [4.78, 5) is 19.7. The van der Waals surface area contributed by atoms with Crippen molar-refractivity contribution in [3.05, 3.63) is 23.5 Å². The van der Waals surface area contributed by atoms with Crippen LogP contribution < -0.4 is 0 Å². The molecule has 0 aliphatic carbocycles. The van der Waals surface area contributed by atoms with Crippen molar-refractivity contribution < 1.29 is 9.90 Å². The van der Waals surface area contributed by atoms with E-state index in [0.717, 1.165) is 30.0 Å². The van der Waals surface area contributed by atoms with Crippen LogP contribution in [0, 0.1) is 0 Å². The van der Waals surface area contributed by atoms with Crippen molar-refractivity contribution in [2.75, 3.05) is 6.54 Å². The SMILES string of the molecule is CC(O)CC1CCCN1C(=O)Cc1cn2ccsc2n1. The molecule has 1 fully saturated rings. The number of aromatic nitrogens is 2. The van der Waals surface area contributed by atoms with Gasteiger partial charge in [0, 0.05) is 30.4 Å². The number of aliphatic hydroxyl groups excluding tert-OH is 1. The Hall–Kier alpha value is -1.40. The van der Waals surface area contributed by atoms with E-state index in [1.165, 1.54) is 0 Å². The molecule has 1 amide bonds. The molecule has 2 aromatic heterocycles. The van der Waals surface area contributed by atoms with E-state index in [1.54, 1.807) is 18.3 Å². The van der Waals surface area contributed by atoms with E-state index >= 15 is 0 Å². The zero-order valence-corrected chi connectivity index (χ0v) is 12.3. The van der Waals surface area contributed by atoms with Gasteiger partial charge in [0.25, 0.3) is 0 Å². The number of amides is 1. The molecule has 2 aromatic rings. The molecular weight excluding hydrogens is 274 g/mol. The molecule has 5 nitrogen and oxygen atoms in total. The molecule has 1 N–H and O–H groups in total. The predicted molar refractivity (Wildman–Crippen MR) is 77.8 cm³/mol. The van der Waals surface area contributed by atoms with Gasteiger partial charge >= 0.3 is 0 Å². The van der Waals surface area contributed by atoms with Crippen LogP contribution in [0.25, 0.3) is 4.96 Å². The minimum atomic E-state index is -0.355. The van der Waals surface area contributed by atoms with Gasteiger partial charge in [-0.15, -0.1) is 11.3 Å². The van der Waals surface area contributed by atoms with Gasteiger partial charge in [0.2, 0.25) is 5.91 Å². The molecular formula is C14H19N3O2S. The fraction of sp³-hybridized carbons (Fsp3) is 0.571. The fourth-order valence-corrected chi connectivity index (χ4v) is 3.64. The number of hydrogen-bond donors (Lipinski definition) is 1. The van der Waals surface area contributed by atoms with E-state index in [0.29, 0.717) is 12.8 Å². The smallest absolute Gasteiger partial charge is 0.228 e. The second-order valence-electron chi connectivity index (χ2n) is 5.47. The number of carbonyl (C=O) groups is 1. The summed E-state index contributed by atoms with van der Waals surface area (Å²) in [6.07, 6.45) is 6.56. The maximum atomic E-state index is 12.4. The molecule has 1 aliphatic rings. The molecule has 0 spiro atoms. The Balaban J connectivity index is 1.67. The Morgan fingerprint density at radius 1 is 1.65 bits per heavy atom. The van der Waals surface area contributed by atoms with E-state index in [1.807, 2.05) is 27.1 Å². The monoisotopic (exact) mass is 293 g/mol. The van der Waals surface area contributed by atoms with Gasteiger partial charge in [-0.2, -0.15) is 0 Å². The molecule has 108 valence electrons. The van der Waals surface area contributed by atoms with Gasteiger partial charge in [0.15, 0.2) is 4.96 Å². The van der Waals surface area contributed by atoms with Crippen molar-refractivity contribution in [1.29, 1.82) is 0 Å². The lowest BCUT2D eigenvalue weighted by atomic mass is 10.1. The van der Waals surface area contributed by atoms with Gasteiger partial charge in [-0.25, -0.2) is 4.98 Å². The van der Waals surface area contributed by atoms with E-state index in [2.05, 4.69) is 4.98 Å². The van der Waals surface area contributed by atoms with E-state index < -0.39 is 0 Å². The highest BCUT2D eigenvalue weighted by Crippen LogP contribution is 2.22. The zero-order chi connectivity index (χ0) is 14.1. The van der Waals surface area contributed by atoms with E-state index in [9.17, 15) is 9.90 Å². The lowest BCUT2D eigenvalue weighted by Gasteiger charge is -2.25. The lowest BCUT2D eigenvalue weighted by molar-refractivity contribution is -0.131. The molecule has 3 rings (SSSR count). The maximum absolute atomic E-state index is 12.4. The summed E-state index contributed by atoms with van der Waals surface area (Å²) in [6, 6.07) is 0.186. The molecule has 6 heteroatoms. The Labute approximate surface area is 121 Å². The van der Waals surface area contributed by atoms with Crippen molar-refractivity contribution in [3.63, 3.8) is 0 Å². The summed E-state index contributed by atoms with van der Waals surface area (Å²) in [5.41, 5.74) is 0.824. The number of thiazole rings is 1. The van der Waals surface area contributed by atoms with Gasteiger partial charge < -0.3 is 10.0 Å². The first-order valence-electron chi connectivity index (χ1n) is 7.02. The molecule has 1 saturated heterocycles. The van der Waals surface area contributed by atoms with Gasteiger partial charge in [-0.1, -0.05) is 0 Å². The highest BCUT2D eigenvalue weighted by Gasteiger charge is 2.29. The quantitative estimate of drug-likeness (QED) is 0.933. The van der Waals surface area contributed by atoms with Crippen LogP contribution in [-0.4, -0.2) is 44.0 Å². The molecule has 2 atom stereocenters. The number of rotatable bonds is 4. The number of nitrogens with zero attached hydrogens (tertiary/aromatic N) is 3. The minimum absolute atomic E-state index is 0.124. The van der Waals surface area contributed by atoms with Crippen molar-refractivity contribution in [3.8, 4) is 0 Å². The van der Waals surface area contributed by atoms with Crippen LogP contribution in [0.5, 0.6) is 0 Å². The molecule has 0 radical (unpaired) electrons. The van der Waals surface area contributed by atoms with Crippen molar-refractivity contribution in [1.82, 2.24) is 14.3 Å². The Kier molecular flexibility index (Phi) is 3.76. The first-order valence-corrected chi connectivity index (χ1v) is 7.90. The third kappa shape index (κ3) is 2.71. The second-order valence-corrected chi connectivity index (χ2v) is 6.34. The molecule has 2 unspecified atom stereocenters. The van der Waals surface area contributed by atoms with Crippen LogP contribution in [0.2, 0.25) is 0 Å². The average Bonchev–Trinajstić information content (AvgIpc) is 3.02. The molecule has 0 saturated carbocycles. The molecule has 20 heavy (non-hydrogen) atoms. The van der Waals surface area contributed by atoms with E-state index in [-0.39, 0.29) is 18.1 Å². The van der Waals surface area contributed by atoms with Crippen LogP contribution in [0.4, 0.5) is 0 Å².